The van der Waals surface area contributed by atoms with Crippen LogP contribution < -0.4 is 5.32 Å². The summed E-state index contributed by atoms with van der Waals surface area (Å²) >= 11 is 1.29. The van der Waals surface area contributed by atoms with Gasteiger partial charge in [-0.25, -0.2) is 4.98 Å². The third-order valence-electron chi connectivity index (χ3n) is 6.76. The van der Waals surface area contributed by atoms with E-state index in [1.54, 1.807) is 5.51 Å². The molecule has 1 aliphatic rings. The zero-order chi connectivity index (χ0) is 24.5. The van der Waals surface area contributed by atoms with Crippen LogP contribution in [0.15, 0.2) is 78.3 Å². The van der Waals surface area contributed by atoms with Crippen LogP contribution in [0.2, 0.25) is 0 Å². The van der Waals surface area contributed by atoms with E-state index >= 15 is 0 Å². The number of aromatic nitrogens is 3. The average molecular weight is 494 g/mol. The SMILES string of the molecule is O=C(Nc1nncs1)C1CCN(C(=O)c2cc(-c3cccc4ccccc34)nc3ccccc23)CC1. The molecule has 1 N–H and O–H groups in total. The monoisotopic (exact) mass is 493 g/mol. The van der Waals surface area contributed by atoms with E-state index in [9.17, 15) is 9.59 Å². The van der Waals surface area contributed by atoms with Crippen molar-refractivity contribution in [3.8, 4) is 11.3 Å². The van der Waals surface area contributed by atoms with Gasteiger partial charge in [0.05, 0.1) is 16.8 Å². The smallest absolute Gasteiger partial charge is 0.254 e. The van der Waals surface area contributed by atoms with E-state index in [0.717, 1.165) is 32.9 Å². The second-order valence-electron chi connectivity index (χ2n) is 8.90. The Morgan fingerprint density at radius 2 is 1.67 bits per heavy atom. The number of benzene rings is 3. The molecule has 1 saturated heterocycles. The predicted octanol–water partition coefficient (Wildman–Crippen LogP) is 5.40. The molecule has 6 rings (SSSR count). The van der Waals surface area contributed by atoms with E-state index in [0.29, 0.717) is 36.6 Å². The van der Waals surface area contributed by atoms with Gasteiger partial charge >= 0.3 is 0 Å². The molecule has 7 nitrogen and oxygen atoms in total. The number of pyridine rings is 1. The van der Waals surface area contributed by atoms with Gasteiger partial charge in [0.25, 0.3) is 5.91 Å². The van der Waals surface area contributed by atoms with Gasteiger partial charge in [0.2, 0.25) is 11.0 Å². The first kappa shape index (κ1) is 22.3. The van der Waals surface area contributed by atoms with Crippen molar-refractivity contribution >= 4 is 50.0 Å². The number of likely N-dealkylation sites (tertiary alicyclic amines) is 1. The summed E-state index contributed by atoms with van der Waals surface area (Å²) < 4.78 is 0. The van der Waals surface area contributed by atoms with Gasteiger partial charge in [0.1, 0.15) is 5.51 Å². The normalized spacial score (nSPS) is 14.3. The highest BCUT2D eigenvalue weighted by molar-refractivity contribution is 7.13. The second kappa shape index (κ2) is 9.47. The van der Waals surface area contributed by atoms with Crippen LogP contribution in [0.25, 0.3) is 32.9 Å². The lowest BCUT2D eigenvalue weighted by Crippen LogP contribution is -2.41. The summed E-state index contributed by atoms with van der Waals surface area (Å²) in [5, 5.41) is 14.0. The van der Waals surface area contributed by atoms with Gasteiger partial charge in [-0.2, -0.15) is 0 Å². The van der Waals surface area contributed by atoms with Crippen molar-refractivity contribution in [2.24, 2.45) is 5.92 Å². The molecule has 0 unspecified atom stereocenters. The molecule has 0 spiro atoms. The number of carbonyl (C=O) groups is 2. The third-order valence-corrected chi connectivity index (χ3v) is 7.36. The number of fused-ring (bicyclic) bond motifs is 2. The molecule has 3 heterocycles. The predicted molar refractivity (Wildman–Crippen MR) is 142 cm³/mol. The van der Waals surface area contributed by atoms with Crippen molar-refractivity contribution in [2.45, 2.75) is 12.8 Å². The number of amides is 2. The molecule has 0 saturated carbocycles. The van der Waals surface area contributed by atoms with Crippen LogP contribution in [0.5, 0.6) is 0 Å². The van der Waals surface area contributed by atoms with E-state index in [4.69, 9.17) is 4.98 Å². The third kappa shape index (κ3) is 4.20. The fourth-order valence-corrected chi connectivity index (χ4v) is 5.34. The zero-order valence-electron chi connectivity index (χ0n) is 19.4. The van der Waals surface area contributed by atoms with Crippen molar-refractivity contribution in [3.63, 3.8) is 0 Å². The maximum atomic E-state index is 13.8. The number of anilines is 1. The molecule has 0 aliphatic carbocycles. The molecule has 0 bridgehead atoms. The van der Waals surface area contributed by atoms with Crippen LogP contribution in [0.1, 0.15) is 23.2 Å². The number of carbonyl (C=O) groups excluding carboxylic acids is 2. The summed E-state index contributed by atoms with van der Waals surface area (Å²) in [7, 11) is 0. The zero-order valence-corrected chi connectivity index (χ0v) is 20.2. The van der Waals surface area contributed by atoms with E-state index in [-0.39, 0.29) is 17.7 Å². The number of nitrogens with zero attached hydrogens (tertiary/aromatic N) is 4. The van der Waals surface area contributed by atoms with Crippen LogP contribution in [-0.2, 0) is 4.79 Å². The Morgan fingerprint density at radius 1 is 0.917 bits per heavy atom. The average Bonchev–Trinajstić information content (AvgIpc) is 3.45. The van der Waals surface area contributed by atoms with Crippen LogP contribution in [-0.4, -0.2) is 45.0 Å². The maximum absolute atomic E-state index is 13.8. The maximum Gasteiger partial charge on any atom is 0.254 e. The largest absolute Gasteiger partial charge is 0.339 e. The molecule has 3 aromatic carbocycles. The minimum absolute atomic E-state index is 0.0296. The summed E-state index contributed by atoms with van der Waals surface area (Å²) in [4.78, 5) is 33.2. The number of nitrogens with one attached hydrogen (secondary N) is 1. The molecule has 8 heteroatoms. The fraction of sp³-hybridized carbons (Fsp3) is 0.179. The van der Waals surface area contributed by atoms with Crippen LogP contribution >= 0.6 is 11.3 Å². The Morgan fingerprint density at radius 3 is 2.47 bits per heavy atom. The Balaban J connectivity index is 1.29. The van der Waals surface area contributed by atoms with Crippen molar-refractivity contribution in [3.05, 3.63) is 83.9 Å². The highest BCUT2D eigenvalue weighted by atomic mass is 32.1. The molecule has 2 aromatic heterocycles. The molecule has 36 heavy (non-hydrogen) atoms. The van der Waals surface area contributed by atoms with E-state index in [1.807, 2.05) is 53.4 Å². The van der Waals surface area contributed by atoms with Crippen LogP contribution in [0.4, 0.5) is 5.13 Å². The van der Waals surface area contributed by atoms with Gasteiger partial charge in [-0.1, -0.05) is 72.0 Å². The first-order valence-corrected chi connectivity index (χ1v) is 12.8. The number of para-hydroxylation sites is 1. The van der Waals surface area contributed by atoms with E-state index < -0.39 is 0 Å². The molecule has 178 valence electrons. The van der Waals surface area contributed by atoms with Crippen molar-refractivity contribution in [2.75, 3.05) is 18.4 Å². The lowest BCUT2D eigenvalue weighted by molar-refractivity contribution is -0.121. The quantitative estimate of drug-likeness (QED) is 0.362. The summed E-state index contributed by atoms with van der Waals surface area (Å²) in [6, 6.07) is 24.0. The van der Waals surface area contributed by atoms with Crippen molar-refractivity contribution < 1.29 is 9.59 Å². The fourth-order valence-electron chi connectivity index (χ4n) is 4.89. The minimum atomic E-state index is -0.154. The summed E-state index contributed by atoms with van der Waals surface area (Å²) in [5.41, 5.74) is 4.79. The molecular formula is C28H23N5O2S. The molecular weight excluding hydrogens is 470 g/mol. The lowest BCUT2D eigenvalue weighted by Gasteiger charge is -2.31. The van der Waals surface area contributed by atoms with Gasteiger partial charge in [-0.05, 0) is 35.7 Å². The summed E-state index contributed by atoms with van der Waals surface area (Å²) in [6.45, 7) is 1.04. The Kier molecular flexibility index (Phi) is 5.87. The van der Waals surface area contributed by atoms with Crippen LogP contribution in [0, 0.1) is 5.92 Å². The Labute approximate surface area is 211 Å². The van der Waals surface area contributed by atoms with Crippen LogP contribution in [0.3, 0.4) is 0 Å². The molecule has 0 radical (unpaired) electrons. The highest BCUT2D eigenvalue weighted by Gasteiger charge is 2.29. The first-order chi connectivity index (χ1) is 17.7. The van der Waals surface area contributed by atoms with Gasteiger partial charge in [-0.3, -0.25) is 9.59 Å². The number of rotatable bonds is 4. The molecule has 1 aliphatic heterocycles. The number of piperidine rings is 1. The summed E-state index contributed by atoms with van der Waals surface area (Å²) in [5.74, 6) is -0.247. The van der Waals surface area contributed by atoms with Gasteiger partial charge in [0.15, 0.2) is 0 Å². The van der Waals surface area contributed by atoms with Crippen molar-refractivity contribution in [1.29, 1.82) is 0 Å². The Hall–Kier alpha value is -4.17. The van der Waals surface area contributed by atoms with Gasteiger partial charge < -0.3 is 10.2 Å². The number of hydrogen-bond donors (Lipinski definition) is 1. The van der Waals surface area contributed by atoms with Crippen molar-refractivity contribution in [1.82, 2.24) is 20.1 Å². The Bertz CT molecular complexity index is 1570. The topological polar surface area (TPSA) is 88.1 Å². The molecule has 5 aromatic rings. The first-order valence-electron chi connectivity index (χ1n) is 11.9. The molecule has 1 fully saturated rings. The number of hydrogen-bond acceptors (Lipinski definition) is 6. The lowest BCUT2D eigenvalue weighted by atomic mass is 9.94. The van der Waals surface area contributed by atoms with Gasteiger partial charge in [0, 0.05) is 30.0 Å². The minimum Gasteiger partial charge on any atom is -0.339 e. The van der Waals surface area contributed by atoms with Gasteiger partial charge in [-0.15, -0.1) is 10.2 Å². The van der Waals surface area contributed by atoms with E-state index in [2.05, 4.69) is 39.8 Å². The standard InChI is InChI=1S/C28H23N5O2S/c34-26(31-28-32-29-17-36-28)19-12-14-33(15-13-19)27(35)23-16-25(30-24-11-4-3-9-22(23)24)21-10-5-7-18-6-1-2-8-20(18)21/h1-11,16-17,19H,12-15H2,(H,31,32,34). The summed E-state index contributed by atoms with van der Waals surface area (Å²) in [6.07, 6.45) is 1.21. The van der Waals surface area contributed by atoms with E-state index in [1.165, 1.54) is 11.3 Å². The highest BCUT2D eigenvalue weighted by Crippen LogP contribution is 2.31. The second-order valence-corrected chi connectivity index (χ2v) is 9.73. The molecule has 2 amide bonds. The molecule has 0 atom stereocenters.